The maximum Gasteiger partial charge on any atom is 0.237 e. The van der Waals surface area contributed by atoms with Crippen molar-refractivity contribution in [2.45, 2.75) is 30.8 Å². The number of nitrogens with one attached hydrogen (secondary N) is 2. The first-order chi connectivity index (χ1) is 15.4. The normalized spacial score (nSPS) is 12.0. The van der Waals surface area contributed by atoms with Crippen LogP contribution in [0.25, 0.3) is 10.8 Å². The number of hydrogen-bond donors (Lipinski definition) is 2. The number of thioether (sulfide) groups is 1. The lowest BCUT2D eigenvalue weighted by Gasteiger charge is -2.13. The Bertz CT molecular complexity index is 1270. The molecular formula is C24H24ClN5OS. The van der Waals surface area contributed by atoms with Gasteiger partial charge in [0.15, 0.2) is 11.0 Å². The van der Waals surface area contributed by atoms with Crippen molar-refractivity contribution in [1.82, 2.24) is 14.8 Å². The summed E-state index contributed by atoms with van der Waals surface area (Å²) < 4.78 is 1.90. The topological polar surface area (TPSA) is 71.8 Å². The number of fused-ring (bicyclic) bond motifs is 1. The van der Waals surface area contributed by atoms with Gasteiger partial charge in [0.25, 0.3) is 0 Å². The van der Waals surface area contributed by atoms with Crippen molar-refractivity contribution in [1.29, 1.82) is 0 Å². The maximum atomic E-state index is 12.8. The van der Waals surface area contributed by atoms with Crippen molar-refractivity contribution >= 4 is 51.4 Å². The van der Waals surface area contributed by atoms with Crippen molar-refractivity contribution in [2.75, 3.05) is 10.6 Å². The quantitative estimate of drug-likeness (QED) is 0.344. The summed E-state index contributed by atoms with van der Waals surface area (Å²) in [5.74, 6) is 0.689. The van der Waals surface area contributed by atoms with Crippen LogP contribution in [0.3, 0.4) is 0 Å². The van der Waals surface area contributed by atoms with Gasteiger partial charge in [-0.15, -0.1) is 10.2 Å². The maximum absolute atomic E-state index is 12.8. The Morgan fingerprint density at radius 1 is 1.12 bits per heavy atom. The van der Waals surface area contributed by atoms with E-state index < -0.39 is 0 Å². The zero-order valence-corrected chi connectivity index (χ0v) is 19.7. The molecule has 1 atom stereocenters. The van der Waals surface area contributed by atoms with Crippen molar-refractivity contribution in [2.24, 2.45) is 7.05 Å². The Morgan fingerprint density at radius 2 is 1.91 bits per heavy atom. The Morgan fingerprint density at radius 3 is 2.72 bits per heavy atom. The fraction of sp³-hybridized carbons (Fsp3) is 0.208. The number of nitrogens with zero attached hydrogens (tertiary/aromatic N) is 3. The van der Waals surface area contributed by atoms with Gasteiger partial charge in [-0.25, -0.2) is 0 Å². The van der Waals surface area contributed by atoms with Crippen LogP contribution < -0.4 is 10.6 Å². The minimum absolute atomic E-state index is 0.0803. The van der Waals surface area contributed by atoms with Crippen molar-refractivity contribution in [3.63, 3.8) is 0 Å². The third-order valence-corrected chi connectivity index (χ3v) is 6.79. The molecule has 32 heavy (non-hydrogen) atoms. The molecule has 1 unspecified atom stereocenters. The van der Waals surface area contributed by atoms with E-state index >= 15 is 0 Å². The second kappa shape index (κ2) is 9.63. The molecule has 0 aliphatic rings. The molecule has 2 N–H and O–H groups in total. The van der Waals surface area contributed by atoms with E-state index in [0.29, 0.717) is 11.7 Å². The number of halogens is 1. The highest BCUT2D eigenvalue weighted by atomic mass is 35.5. The molecule has 3 aromatic carbocycles. The molecule has 164 valence electrons. The lowest BCUT2D eigenvalue weighted by Crippen LogP contribution is -2.23. The first kappa shape index (κ1) is 22.2. The monoisotopic (exact) mass is 465 g/mol. The van der Waals surface area contributed by atoms with Gasteiger partial charge in [-0.05, 0) is 43.0 Å². The van der Waals surface area contributed by atoms with E-state index in [1.165, 1.54) is 11.8 Å². The van der Waals surface area contributed by atoms with Crippen molar-refractivity contribution in [3.8, 4) is 0 Å². The van der Waals surface area contributed by atoms with E-state index in [1.807, 2.05) is 86.1 Å². The van der Waals surface area contributed by atoms with E-state index in [0.717, 1.165) is 38.6 Å². The van der Waals surface area contributed by atoms with Gasteiger partial charge in [0.05, 0.1) is 11.8 Å². The summed E-state index contributed by atoms with van der Waals surface area (Å²) >= 11 is 7.57. The van der Waals surface area contributed by atoms with E-state index in [2.05, 4.69) is 20.8 Å². The lowest BCUT2D eigenvalue weighted by atomic mass is 10.1. The van der Waals surface area contributed by atoms with E-state index in [1.54, 1.807) is 0 Å². The average molecular weight is 466 g/mol. The van der Waals surface area contributed by atoms with Gasteiger partial charge in [-0.2, -0.15) is 0 Å². The summed E-state index contributed by atoms with van der Waals surface area (Å²) in [6.07, 6.45) is 0. The van der Waals surface area contributed by atoms with Crippen LogP contribution in [0.5, 0.6) is 0 Å². The minimum Gasteiger partial charge on any atom is -0.378 e. The van der Waals surface area contributed by atoms with Crippen LogP contribution in [0.4, 0.5) is 11.4 Å². The van der Waals surface area contributed by atoms with Gasteiger partial charge in [-0.3, -0.25) is 4.79 Å². The molecule has 0 saturated carbocycles. The average Bonchev–Trinajstić information content (AvgIpc) is 3.14. The summed E-state index contributed by atoms with van der Waals surface area (Å²) in [7, 11) is 1.90. The first-order valence-corrected chi connectivity index (χ1v) is 11.5. The molecule has 1 amide bonds. The Balaban J connectivity index is 1.39. The van der Waals surface area contributed by atoms with Crippen molar-refractivity contribution < 1.29 is 4.79 Å². The summed E-state index contributed by atoms with van der Waals surface area (Å²) in [5.41, 5.74) is 2.76. The van der Waals surface area contributed by atoms with E-state index in [9.17, 15) is 4.79 Å². The molecule has 0 fully saturated rings. The van der Waals surface area contributed by atoms with Crippen molar-refractivity contribution in [3.05, 3.63) is 77.1 Å². The molecule has 4 aromatic rings. The molecule has 0 aliphatic carbocycles. The predicted molar refractivity (Wildman–Crippen MR) is 132 cm³/mol. The van der Waals surface area contributed by atoms with E-state index in [4.69, 9.17) is 11.6 Å². The molecule has 1 aromatic heterocycles. The van der Waals surface area contributed by atoms with Gasteiger partial charge in [-0.1, -0.05) is 65.8 Å². The Kier molecular flexibility index (Phi) is 6.67. The van der Waals surface area contributed by atoms with Crippen LogP contribution in [-0.2, 0) is 18.4 Å². The first-order valence-electron chi connectivity index (χ1n) is 10.3. The number of aryl methyl sites for hydroxylation is 1. The molecule has 4 rings (SSSR count). The molecule has 8 heteroatoms. The Labute approximate surface area is 196 Å². The lowest BCUT2D eigenvalue weighted by molar-refractivity contribution is -0.115. The highest BCUT2D eigenvalue weighted by Crippen LogP contribution is 2.26. The number of aromatic nitrogens is 3. The van der Waals surface area contributed by atoms with Gasteiger partial charge in [0.1, 0.15) is 0 Å². The number of anilines is 2. The van der Waals surface area contributed by atoms with Crippen LogP contribution >= 0.6 is 23.4 Å². The number of carbonyl (C=O) groups is 1. The van der Waals surface area contributed by atoms with Gasteiger partial charge in [0.2, 0.25) is 5.91 Å². The number of amides is 1. The zero-order valence-electron chi connectivity index (χ0n) is 18.1. The SMILES string of the molecule is Cc1ccc(NCc2nnc(SC(C)C(=O)Nc3cccc4ccccc34)n2C)cc1Cl. The third-order valence-electron chi connectivity index (χ3n) is 5.25. The summed E-state index contributed by atoms with van der Waals surface area (Å²) in [4.78, 5) is 12.8. The second-order valence-corrected chi connectivity index (χ2v) is 9.27. The molecule has 6 nitrogen and oxygen atoms in total. The number of rotatable bonds is 7. The van der Waals surface area contributed by atoms with Gasteiger partial charge in [0, 0.05) is 28.8 Å². The molecule has 1 heterocycles. The Hall–Kier alpha value is -3.03. The molecule has 0 aliphatic heterocycles. The van der Waals surface area contributed by atoms with E-state index in [-0.39, 0.29) is 11.2 Å². The number of carbonyl (C=O) groups excluding carboxylic acids is 1. The number of hydrogen-bond acceptors (Lipinski definition) is 5. The highest BCUT2D eigenvalue weighted by molar-refractivity contribution is 8.00. The summed E-state index contributed by atoms with van der Waals surface area (Å²) in [6.45, 7) is 4.34. The molecule has 0 bridgehead atoms. The number of benzene rings is 3. The van der Waals surface area contributed by atoms with Gasteiger partial charge < -0.3 is 15.2 Å². The smallest absolute Gasteiger partial charge is 0.237 e. The minimum atomic E-state index is -0.339. The summed E-state index contributed by atoms with van der Waals surface area (Å²) in [5, 5.41) is 18.1. The molecule has 0 spiro atoms. The van der Waals surface area contributed by atoms with Gasteiger partial charge >= 0.3 is 0 Å². The standard InChI is InChI=1S/C24H24ClN5OS/c1-15-11-12-18(13-20(15)25)26-14-22-28-29-24(30(22)3)32-16(2)23(31)27-21-10-6-8-17-7-4-5-9-19(17)21/h4-13,16,26H,14H2,1-3H3,(H,27,31). The zero-order chi connectivity index (χ0) is 22.7. The van der Waals surface area contributed by atoms with Crippen LogP contribution in [-0.4, -0.2) is 25.9 Å². The van der Waals surface area contributed by atoms with Crippen LogP contribution in [0, 0.1) is 6.92 Å². The van der Waals surface area contributed by atoms with Crippen LogP contribution in [0.15, 0.2) is 65.8 Å². The predicted octanol–water partition coefficient (Wildman–Crippen LogP) is 5.66. The summed E-state index contributed by atoms with van der Waals surface area (Å²) in [6, 6.07) is 19.7. The fourth-order valence-corrected chi connectivity index (χ4v) is 4.28. The molecule has 0 saturated heterocycles. The fourth-order valence-electron chi connectivity index (χ4n) is 3.27. The molecule has 0 radical (unpaired) electrons. The highest BCUT2D eigenvalue weighted by Gasteiger charge is 2.19. The van der Waals surface area contributed by atoms with Crippen LogP contribution in [0.1, 0.15) is 18.3 Å². The largest absolute Gasteiger partial charge is 0.378 e. The second-order valence-electron chi connectivity index (χ2n) is 7.55. The van der Waals surface area contributed by atoms with Crippen LogP contribution in [0.2, 0.25) is 5.02 Å². The molecular weight excluding hydrogens is 442 g/mol. The third kappa shape index (κ3) is 4.89.